The number of carbonyl (C=O) groups is 1. The molecule has 160 valence electrons. The number of hydrogen-bond acceptors (Lipinski definition) is 7. The fourth-order valence-electron chi connectivity index (χ4n) is 3.19. The third kappa shape index (κ3) is 4.74. The van der Waals surface area contributed by atoms with Crippen molar-refractivity contribution in [1.82, 2.24) is 0 Å². The zero-order valence-electron chi connectivity index (χ0n) is 17.0. The topological polar surface area (TPSA) is 121 Å². The molecular formula is C23H18N4O4S. The average Bonchev–Trinajstić information content (AvgIpc) is 2.77. The van der Waals surface area contributed by atoms with Gasteiger partial charge in [0.25, 0.3) is 10.1 Å². The van der Waals surface area contributed by atoms with Crippen LogP contribution in [0.2, 0.25) is 0 Å². The third-order valence-electron chi connectivity index (χ3n) is 4.84. The van der Waals surface area contributed by atoms with Crippen molar-refractivity contribution in [2.75, 3.05) is 0 Å². The second kappa shape index (κ2) is 8.74. The van der Waals surface area contributed by atoms with Gasteiger partial charge in [-0.1, -0.05) is 30.3 Å². The zero-order chi connectivity index (χ0) is 22.7. The zero-order valence-corrected chi connectivity index (χ0v) is 17.8. The van der Waals surface area contributed by atoms with Gasteiger partial charge in [0.2, 0.25) is 0 Å². The van der Waals surface area contributed by atoms with E-state index in [1.807, 2.05) is 18.2 Å². The standard InChI is InChI=1S/C23H18N4O4S/c1-15-13-17(28)7-10-21(15)25-27-22-11-12-23(26-24-16-5-3-2-4-6-16)20-14-18(32(29,30)31)8-9-19(20)22/h2-14,21H,1H3,(H,29,30,31)/t21-/m0/s1. The van der Waals surface area contributed by atoms with E-state index in [1.54, 1.807) is 37.3 Å². The first-order chi connectivity index (χ1) is 15.3. The molecule has 0 bridgehead atoms. The van der Waals surface area contributed by atoms with Gasteiger partial charge in [0, 0.05) is 10.8 Å². The van der Waals surface area contributed by atoms with E-state index in [-0.39, 0.29) is 16.7 Å². The SMILES string of the molecule is CC1=CC(=O)C=C[C@@H]1N=Nc1ccc(N=Nc2ccccc2)c2cc(S(=O)(=O)O)ccc12. The highest BCUT2D eigenvalue weighted by molar-refractivity contribution is 7.85. The van der Waals surface area contributed by atoms with Gasteiger partial charge < -0.3 is 0 Å². The van der Waals surface area contributed by atoms with Crippen LogP contribution >= 0.6 is 0 Å². The first-order valence-electron chi connectivity index (χ1n) is 9.63. The molecule has 0 spiro atoms. The van der Waals surface area contributed by atoms with Crippen LogP contribution in [-0.4, -0.2) is 24.8 Å². The summed E-state index contributed by atoms with van der Waals surface area (Å²) in [5, 5.41) is 18.1. The van der Waals surface area contributed by atoms with Crippen LogP contribution in [0.1, 0.15) is 6.92 Å². The van der Waals surface area contributed by atoms with Crippen LogP contribution in [0, 0.1) is 0 Å². The molecule has 0 radical (unpaired) electrons. The maximum absolute atomic E-state index is 11.7. The van der Waals surface area contributed by atoms with Gasteiger partial charge in [-0.3, -0.25) is 9.35 Å². The molecule has 1 aliphatic carbocycles. The molecule has 32 heavy (non-hydrogen) atoms. The summed E-state index contributed by atoms with van der Waals surface area (Å²) in [5.74, 6) is -0.0923. The van der Waals surface area contributed by atoms with Crippen LogP contribution in [0.15, 0.2) is 110 Å². The fraction of sp³-hybridized carbons (Fsp3) is 0.0870. The number of nitrogens with zero attached hydrogens (tertiary/aromatic N) is 4. The van der Waals surface area contributed by atoms with E-state index in [2.05, 4.69) is 20.5 Å². The van der Waals surface area contributed by atoms with Gasteiger partial charge in [-0.25, -0.2) is 0 Å². The quantitative estimate of drug-likeness (QED) is 0.379. The molecular weight excluding hydrogens is 428 g/mol. The van der Waals surface area contributed by atoms with Crippen LogP contribution in [-0.2, 0) is 14.9 Å². The molecule has 8 nitrogen and oxygen atoms in total. The van der Waals surface area contributed by atoms with Crippen molar-refractivity contribution in [3.63, 3.8) is 0 Å². The predicted molar refractivity (Wildman–Crippen MR) is 121 cm³/mol. The molecule has 3 aromatic rings. The summed E-state index contributed by atoms with van der Waals surface area (Å²) < 4.78 is 32.8. The number of carbonyl (C=O) groups excluding carboxylic acids is 1. The molecule has 0 fully saturated rings. The lowest BCUT2D eigenvalue weighted by Crippen LogP contribution is -2.08. The first-order valence-corrected chi connectivity index (χ1v) is 11.1. The van der Waals surface area contributed by atoms with Crippen molar-refractivity contribution in [3.05, 3.63) is 84.5 Å². The van der Waals surface area contributed by atoms with Crippen LogP contribution in [0.5, 0.6) is 0 Å². The Labute approximate surface area is 184 Å². The minimum atomic E-state index is -4.41. The summed E-state index contributed by atoms with van der Waals surface area (Å²) in [4.78, 5) is 11.2. The van der Waals surface area contributed by atoms with Crippen molar-refractivity contribution in [2.45, 2.75) is 17.9 Å². The lowest BCUT2D eigenvalue weighted by atomic mass is 10.0. The number of fused-ring (bicyclic) bond motifs is 1. The number of allylic oxidation sites excluding steroid dienone is 2. The smallest absolute Gasteiger partial charge is 0.290 e. The molecule has 1 aliphatic rings. The van der Waals surface area contributed by atoms with Gasteiger partial charge in [0.15, 0.2) is 5.78 Å². The lowest BCUT2D eigenvalue weighted by molar-refractivity contribution is -0.110. The first kappa shape index (κ1) is 21.4. The Kier molecular flexibility index (Phi) is 5.85. The van der Waals surface area contributed by atoms with Gasteiger partial charge >= 0.3 is 0 Å². The molecule has 0 aliphatic heterocycles. The van der Waals surface area contributed by atoms with Gasteiger partial charge in [-0.05, 0) is 61.0 Å². The van der Waals surface area contributed by atoms with Crippen LogP contribution in [0.25, 0.3) is 10.8 Å². The molecule has 1 atom stereocenters. The molecule has 0 amide bonds. The number of ketones is 1. The number of azo groups is 2. The Bertz CT molecular complexity index is 1430. The van der Waals surface area contributed by atoms with Gasteiger partial charge in [0.1, 0.15) is 6.04 Å². The summed E-state index contributed by atoms with van der Waals surface area (Å²) in [5.41, 5.74) is 2.30. The van der Waals surface area contributed by atoms with E-state index in [0.29, 0.717) is 27.8 Å². The molecule has 0 saturated carbocycles. The summed E-state index contributed by atoms with van der Waals surface area (Å²) in [6.45, 7) is 1.80. The third-order valence-corrected chi connectivity index (χ3v) is 5.69. The average molecular weight is 446 g/mol. The van der Waals surface area contributed by atoms with Crippen molar-refractivity contribution >= 4 is 43.7 Å². The van der Waals surface area contributed by atoms with E-state index in [1.165, 1.54) is 30.4 Å². The molecule has 1 N–H and O–H groups in total. The van der Waals surface area contributed by atoms with E-state index in [9.17, 15) is 17.8 Å². The van der Waals surface area contributed by atoms with Crippen LogP contribution in [0.4, 0.5) is 17.1 Å². The molecule has 4 rings (SSSR count). The highest BCUT2D eigenvalue weighted by Crippen LogP contribution is 2.36. The van der Waals surface area contributed by atoms with Crippen LogP contribution in [0.3, 0.4) is 0 Å². The monoisotopic (exact) mass is 446 g/mol. The normalized spacial score (nSPS) is 16.9. The van der Waals surface area contributed by atoms with Crippen molar-refractivity contribution < 1.29 is 17.8 Å². The van der Waals surface area contributed by atoms with Gasteiger partial charge in [-0.2, -0.15) is 23.8 Å². The number of hydrogen-bond donors (Lipinski definition) is 1. The molecule has 9 heteroatoms. The Hall–Kier alpha value is -3.82. The number of benzene rings is 3. The predicted octanol–water partition coefficient (Wildman–Crippen LogP) is 6.04. The summed E-state index contributed by atoms with van der Waals surface area (Å²) in [6, 6.07) is 16.2. The maximum atomic E-state index is 11.7. The highest BCUT2D eigenvalue weighted by Gasteiger charge is 2.15. The van der Waals surface area contributed by atoms with Crippen LogP contribution < -0.4 is 0 Å². The minimum absolute atomic E-state index is 0.0923. The van der Waals surface area contributed by atoms with Gasteiger partial charge in [-0.15, -0.1) is 5.11 Å². The minimum Gasteiger partial charge on any atom is -0.290 e. The Morgan fingerprint density at radius 2 is 1.59 bits per heavy atom. The Morgan fingerprint density at radius 3 is 2.28 bits per heavy atom. The summed E-state index contributed by atoms with van der Waals surface area (Å²) in [7, 11) is -4.41. The van der Waals surface area contributed by atoms with Crippen molar-refractivity contribution in [3.8, 4) is 0 Å². The van der Waals surface area contributed by atoms with E-state index in [4.69, 9.17) is 0 Å². The second-order valence-electron chi connectivity index (χ2n) is 7.13. The van der Waals surface area contributed by atoms with E-state index < -0.39 is 10.1 Å². The summed E-state index contributed by atoms with van der Waals surface area (Å²) in [6.07, 6.45) is 4.62. The number of rotatable bonds is 5. The maximum Gasteiger partial charge on any atom is 0.294 e. The Balaban J connectivity index is 1.79. The molecule has 0 heterocycles. The molecule has 0 unspecified atom stereocenters. The molecule has 0 saturated heterocycles. The summed E-state index contributed by atoms with van der Waals surface area (Å²) >= 11 is 0. The second-order valence-corrected chi connectivity index (χ2v) is 8.55. The van der Waals surface area contributed by atoms with E-state index >= 15 is 0 Å². The Morgan fingerprint density at radius 1 is 0.875 bits per heavy atom. The molecule has 0 aromatic heterocycles. The van der Waals surface area contributed by atoms with E-state index in [0.717, 1.165) is 5.57 Å². The fourth-order valence-corrected chi connectivity index (χ4v) is 3.69. The lowest BCUT2D eigenvalue weighted by Gasteiger charge is -2.11. The molecule has 3 aromatic carbocycles. The van der Waals surface area contributed by atoms with Gasteiger partial charge in [0.05, 0.1) is 22.0 Å². The van der Waals surface area contributed by atoms with Crippen molar-refractivity contribution in [1.29, 1.82) is 0 Å². The largest absolute Gasteiger partial charge is 0.294 e. The highest BCUT2D eigenvalue weighted by atomic mass is 32.2. The van der Waals surface area contributed by atoms with Crippen molar-refractivity contribution in [2.24, 2.45) is 20.5 Å².